The number of aromatic amines is 1. The number of aromatic nitrogens is 2. The molecule has 1 aromatic carbocycles. The molecule has 0 radical (unpaired) electrons. The summed E-state index contributed by atoms with van der Waals surface area (Å²) in [5.41, 5.74) is 0.672. The number of carbonyl (C=O) groups excluding carboxylic acids is 1. The Hall–Kier alpha value is -2.21. The number of H-pyrrole nitrogens is 1. The normalized spacial score (nSPS) is 21.4. The SMILES string of the molecule is CCN(Cc1nc2ccccc2c(=O)[nH]1)C(=O)[C@H]1NCC12CCCC2. The molecule has 0 unspecified atom stereocenters. The number of amides is 1. The van der Waals surface area contributed by atoms with E-state index in [1.807, 2.05) is 25.1 Å². The topological polar surface area (TPSA) is 78.1 Å². The van der Waals surface area contributed by atoms with Crippen LogP contribution in [0.5, 0.6) is 0 Å². The molecule has 1 aliphatic heterocycles. The van der Waals surface area contributed by atoms with Gasteiger partial charge in [0.2, 0.25) is 5.91 Å². The van der Waals surface area contributed by atoms with E-state index in [0.717, 1.165) is 19.4 Å². The first kappa shape index (κ1) is 16.3. The van der Waals surface area contributed by atoms with Crippen LogP contribution in [0.1, 0.15) is 38.4 Å². The van der Waals surface area contributed by atoms with Crippen LogP contribution in [0, 0.1) is 5.41 Å². The van der Waals surface area contributed by atoms with Gasteiger partial charge in [-0.1, -0.05) is 25.0 Å². The summed E-state index contributed by atoms with van der Waals surface area (Å²) in [5.74, 6) is 0.671. The van der Waals surface area contributed by atoms with Gasteiger partial charge in [-0.15, -0.1) is 0 Å². The van der Waals surface area contributed by atoms with Crippen LogP contribution >= 0.6 is 0 Å². The maximum atomic E-state index is 13.0. The number of carbonyl (C=O) groups is 1. The standard InChI is InChI=1S/C19H24N4O2/c1-2-23(18(25)16-19(12-20-16)9-5-6-10-19)11-15-21-14-8-4-3-7-13(14)17(24)22-15/h3-4,7-8,16,20H,2,5-6,9-12H2,1H3,(H,21,22,24)/t16-/m1/s1. The van der Waals surface area contributed by atoms with Crippen LogP contribution in [0.15, 0.2) is 29.1 Å². The van der Waals surface area contributed by atoms with Gasteiger partial charge in [-0.05, 0) is 31.9 Å². The molecule has 2 heterocycles. The number of hydrogen-bond acceptors (Lipinski definition) is 4. The number of benzene rings is 1. The minimum absolute atomic E-state index is 0.0814. The first-order valence-corrected chi connectivity index (χ1v) is 9.13. The molecule has 25 heavy (non-hydrogen) atoms. The maximum Gasteiger partial charge on any atom is 0.258 e. The van der Waals surface area contributed by atoms with Crippen LogP contribution in [-0.4, -0.2) is 39.9 Å². The Kier molecular flexibility index (Phi) is 4.07. The van der Waals surface area contributed by atoms with Crippen molar-refractivity contribution in [1.29, 1.82) is 0 Å². The zero-order chi connectivity index (χ0) is 17.4. The Bertz CT molecular complexity index is 854. The number of hydrogen-bond donors (Lipinski definition) is 2. The summed E-state index contributed by atoms with van der Waals surface area (Å²) in [5, 5.41) is 3.91. The predicted octanol–water partition coefficient (Wildman–Crippen LogP) is 1.80. The minimum Gasteiger partial charge on any atom is -0.334 e. The smallest absolute Gasteiger partial charge is 0.258 e. The fraction of sp³-hybridized carbons (Fsp3) is 0.526. The van der Waals surface area contributed by atoms with Crippen molar-refractivity contribution in [2.75, 3.05) is 13.1 Å². The Morgan fingerprint density at radius 1 is 1.32 bits per heavy atom. The van der Waals surface area contributed by atoms with E-state index in [9.17, 15) is 9.59 Å². The largest absolute Gasteiger partial charge is 0.334 e. The van der Waals surface area contributed by atoms with Crippen LogP contribution in [0.4, 0.5) is 0 Å². The van der Waals surface area contributed by atoms with Gasteiger partial charge in [-0.3, -0.25) is 9.59 Å². The average molecular weight is 340 g/mol. The summed E-state index contributed by atoms with van der Waals surface area (Å²) in [6.45, 7) is 3.86. The van der Waals surface area contributed by atoms with Gasteiger partial charge in [-0.25, -0.2) is 4.98 Å². The molecule has 4 rings (SSSR count). The fourth-order valence-corrected chi connectivity index (χ4v) is 4.31. The van der Waals surface area contributed by atoms with E-state index >= 15 is 0 Å². The minimum atomic E-state index is -0.155. The Morgan fingerprint density at radius 3 is 2.76 bits per heavy atom. The van der Waals surface area contributed by atoms with Crippen molar-refractivity contribution in [2.45, 2.75) is 45.2 Å². The van der Waals surface area contributed by atoms with Crippen molar-refractivity contribution in [1.82, 2.24) is 20.2 Å². The van der Waals surface area contributed by atoms with Crippen LogP contribution in [0.25, 0.3) is 10.9 Å². The molecule has 2 aliphatic rings. The van der Waals surface area contributed by atoms with Gasteiger partial charge in [-0.2, -0.15) is 0 Å². The summed E-state index contributed by atoms with van der Waals surface area (Å²) in [6.07, 6.45) is 4.71. The van der Waals surface area contributed by atoms with Crippen molar-refractivity contribution >= 4 is 16.8 Å². The van der Waals surface area contributed by atoms with E-state index in [1.54, 1.807) is 11.0 Å². The average Bonchev–Trinajstić information content (AvgIpc) is 3.11. The number of para-hydroxylation sites is 1. The molecule has 2 aromatic rings. The van der Waals surface area contributed by atoms with E-state index in [4.69, 9.17) is 0 Å². The lowest BCUT2D eigenvalue weighted by Gasteiger charge is -2.48. The predicted molar refractivity (Wildman–Crippen MR) is 96.1 cm³/mol. The lowest BCUT2D eigenvalue weighted by Crippen LogP contribution is -2.67. The summed E-state index contributed by atoms with van der Waals surface area (Å²) in [7, 11) is 0. The quantitative estimate of drug-likeness (QED) is 0.890. The molecule has 1 saturated heterocycles. The lowest BCUT2D eigenvalue weighted by molar-refractivity contribution is -0.142. The summed E-state index contributed by atoms with van der Waals surface area (Å²) >= 11 is 0. The fourth-order valence-electron chi connectivity index (χ4n) is 4.31. The number of nitrogens with zero attached hydrogens (tertiary/aromatic N) is 2. The first-order valence-electron chi connectivity index (χ1n) is 9.13. The molecule has 1 aliphatic carbocycles. The van der Waals surface area contributed by atoms with E-state index < -0.39 is 0 Å². The molecule has 1 aromatic heterocycles. The van der Waals surface area contributed by atoms with Crippen LogP contribution in [0.3, 0.4) is 0 Å². The maximum absolute atomic E-state index is 13.0. The lowest BCUT2D eigenvalue weighted by atomic mass is 9.71. The summed E-state index contributed by atoms with van der Waals surface area (Å²) < 4.78 is 0. The monoisotopic (exact) mass is 340 g/mol. The van der Waals surface area contributed by atoms with Gasteiger partial charge in [0.05, 0.1) is 23.5 Å². The van der Waals surface area contributed by atoms with Crippen molar-refractivity contribution in [3.8, 4) is 0 Å². The Balaban J connectivity index is 1.56. The number of rotatable bonds is 4. The highest BCUT2D eigenvalue weighted by Gasteiger charge is 2.52. The molecule has 132 valence electrons. The van der Waals surface area contributed by atoms with Crippen molar-refractivity contribution in [2.24, 2.45) is 5.41 Å². The molecule has 6 heteroatoms. The van der Waals surface area contributed by atoms with Gasteiger partial charge in [0.1, 0.15) is 5.82 Å². The second-order valence-corrected chi connectivity index (χ2v) is 7.27. The van der Waals surface area contributed by atoms with Gasteiger partial charge in [0.25, 0.3) is 5.56 Å². The molecule has 1 spiro atoms. The van der Waals surface area contributed by atoms with Gasteiger partial charge in [0, 0.05) is 18.5 Å². The van der Waals surface area contributed by atoms with Crippen molar-refractivity contribution in [3.63, 3.8) is 0 Å². The van der Waals surface area contributed by atoms with E-state index in [2.05, 4.69) is 15.3 Å². The molecule has 1 amide bonds. The zero-order valence-electron chi connectivity index (χ0n) is 14.5. The zero-order valence-corrected chi connectivity index (χ0v) is 14.5. The van der Waals surface area contributed by atoms with Gasteiger partial charge >= 0.3 is 0 Å². The van der Waals surface area contributed by atoms with E-state index in [-0.39, 0.29) is 22.9 Å². The van der Waals surface area contributed by atoms with E-state index in [1.165, 1.54) is 12.8 Å². The second-order valence-electron chi connectivity index (χ2n) is 7.27. The van der Waals surface area contributed by atoms with Crippen LogP contribution in [-0.2, 0) is 11.3 Å². The third-order valence-electron chi connectivity index (χ3n) is 5.81. The number of fused-ring (bicyclic) bond motifs is 1. The van der Waals surface area contributed by atoms with Gasteiger partial charge < -0.3 is 15.2 Å². The van der Waals surface area contributed by atoms with Crippen molar-refractivity contribution < 1.29 is 4.79 Å². The third-order valence-corrected chi connectivity index (χ3v) is 5.81. The number of likely N-dealkylation sites (N-methyl/N-ethyl adjacent to an activating group) is 1. The number of nitrogens with one attached hydrogen (secondary N) is 2. The van der Waals surface area contributed by atoms with Gasteiger partial charge in [0.15, 0.2) is 0 Å². The molecule has 1 atom stereocenters. The second kappa shape index (κ2) is 6.26. The van der Waals surface area contributed by atoms with E-state index in [0.29, 0.717) is 29.8 Å². The molecule has 0 bridgehead atoms. The Morgan fingerprint density at radius 2 is 2.08 bits per heavy atom. The third kappa shape index (κ3) is 2.74. The Labute approximate surface area is 146 Å². The summed E-state index contributed by atoms with van der Waals surface area (Å²) in [4.78, 5) is 34.4. The van der Waals surface area contributed by atoms with Crippen LogP contribution in [0.2, 0.25) is 0 Å². The molecule has 2 fully saturated rings. The van der Waals surface area contributed by atoms with Crippen molar-refractivity contribution in [3.05, 3.63) is 40.4 Å². The molecule has 2 N–H and O–H groups in total. The highest BCUT2D eigenvalue weighted by molar-refractivity contribution is 5.84. The first-order chi connectivity index (χ1) is 12.1. The molecular formula is C19H24N4O2. The van der Waals surface area contributed by atoms with Crippen LogP contribution < -0.4 is 10.9 Å². The molecule has 6 nitrogen and oxygen atoms in total. The highest BCUT2D eigenvalue weighted by atomic mass is 16.2. The summed E-state index contributed by atoms with van der Waals surface area (Å²) in [6, 6.07) is 7.19. The molecular weight excluding hydrogens is 316 g/mol. The highest BCUT2D eigenvalue weighted by Crippen LogP contribution is 2.46. The molecule has 1 saturated carbocycles.